The van der Waals surface area contributed by atoms with E-state index in [-0.39, 0.29) is 17.7 Å². The molecule has 1 aliphatic rings. The van der Waals surface area contributed by atoms with E-state index in [9.17, 15) is 9.59 Å². The number of amides is 2. The van der Waals surface area contributed by atoms with Gasteiger partial charge in [-0.25, -0.2) is 0 Å². The van der Waals surface area contributed by atoms with Crippen molar-refractivity contribution in [2.24, 2.45) is 5.92 Å². The van der Waals surface area contributed by atoms with Gasteiger partial charge in [-0.2, -0.15) is 0 Å². The third kappa shape index (κ3) is 4.48. The van der Waals surface area contributed by atoms with Crippen LogP contribution >= 0.6 is 0 Å². The maximum atomic E-state index is 11.9. The molecular weight excluding hydrogens is 268 g/mol. The van der Waals surface area contributed by atoms with Crippen molar-refractivity contribution in [2.45, 2.75) is 19.8 Å². The van der Waals surface area contributed by atoms with Gasteiger partial charge in [-0.3, -0.25) is 9.59 Å². The standard InChI is InChI=1S/C16H22N2O3/c1-3-21-14-6-4-12(5-7-14)8-15(19)17-10-13-9-16(20)18(2)11-13/h4-7,13H,3,8-11H2,1-2H3,(H,17,19). The molecule has 5 nitrogen and oxygen atoms in total. The second-order valence-corrected chi connectivity index (χ2v) is 5.40. The van der Waals surface area contributed by atoms with Crippen LogP contribution in [0.4, 0.5) is 0 Å². The van der Waals surface area contributed by atoms with Crippen molar-refractivity contribution in [2.75, 3.05) is 26.7 Å². The molecule has 5 heteroatoms. The topological polar surface area (TPSA) is 58.6 Å². The minimum absolute atomic E-state index is 0.0128. The molecule has 1 N–H and O–H groups in total. The van der Waals surface area contributed by atoms with Crippen LogP contribution in [-0.4, -0.2) is 43.5 Å². The lowest BCUT2D eigenvalue weighted by Crippen LogP contribution is -2.31. The van der Waals surface area contributed by atoms with E-state index >= 15 is 0 Å². The van der Waals surface area contributed by atoms with Crippen LogP contribution in [0.2, 0.25) is 0 Å². The van der Waals surface area contributed by atoms with Crippen molar-refractivity contribution in [3.8, 4) is 5.75 Å². The zero-order valence-electron chi connectivity index (χ0n) is 12.6. The first-order chi connectivity index (χ1) is 10.1. The van der Waals surface area contributed by atoms with Crippen molar-refractivity contribution in [3.05, 3.63) is 29.8 Å². The zero-order valence-corrected chi connectivity index (χ0v) is 12.6. The average Bonchev–Trinajstić information content (AvgIpc) is 2.78. The molecule has 21 heavy (non-hydrogen) atoms. The molecule has 0 aliphatic carbocycles. The number of hydrogen-bond donors (Lipinski definition) is 1. The number of nitrogens with zero attached hydrogens (tertiary/aromatic N) is 1. The lowest BCUT2D eigenvalue weighted by atomic mass is 10.1. The molecule has 1 aliphatic heterocycles. The summed E-state index contributed by atoms with van der Waals surface area (Å²) in [5.41, 5.74) is 0.954. The summed E-state index contributed by atoms with van der Waals surface area (Å²) in [6, 6.07) is 7.54. The summed E-state index contributed by atoms with van der Waals surface area (Å²) in [6.07, 6.45) is 0.878. The number of rotatable bonds is 6. The Morgan fingerprint density at radius 2 is 2.10 bits per heavy atom. The molecule has 1 aromatic rings. The highest BCUT2D eigenvalue weighted by Crippen LogP contribution is 2.15. The largest absolute Gasteiger partial charge is 0.494 e. The zero-order chi connectivity index (χ0) is 15.2. The van der Waals surface area contributed by atoms with Gasteiger partial charge in [-0.05, 0) is 24.6 Å². The molecule has 2 rings (SSSR count). The number of benzene rings is 1. The molecule has 2 amide bonds. The Labute approximate surface area is 125 Å². The Kier molecular flexibility index (Phi) is 5.20. The van der Waals surface area contributed by atoms with Crippen LogP contribution in [0.1, 0.15) is 18.9 Å². The molecule has 0 bridgehead atoms. The summed E-state index contributed by atoms with van der Waals surface area (Å²) in [5, 5.41) is 2.90. The van der Waals surface area contributed by atoms with Gasteiger partial charge in [0.05, 0.1) is 13.0 Å². The first kappa shape index (κ1) is 15.4. The Balaban J connectivity index is 1.75. The molecule has 1 saturated heterocycles. The number of likely N-dealkylation sites (tertiary alicyclic amines) is 1. The highest BCUT2D eigenvalue weighted by atomic mass is 16.5. The third-order valence-corrected chi connectivity index (χ3v) is 3.61. The van der Waals surface area contributed by atoms with Crippen LogP contribution in [0, 0.1) is 5.92 Å². The molecule has 1 atom stereocenters. The lowest BCUT2D eigenvalue weighted by molar-refractivity contribution is -0.126. The smallest absolute Gasteiger partial charge is 0.224 e. The second-order valence-electron chi connectivity index (χ2n) is 5.40. The quantitative estimate of drug-likeness (QED) is 0.857. The van der Waals surface area contributed by atoms with Crippen LogP contribution in [-0.2, 0) is 16.0 Å². The van der Waals surface area contributed by atoms with Gasteiger partial charge in [0.15, 0.2) is 0 Å². The highest BCUT2D eigenvalue weighted by molar-refractivity contribution is 5.80. The molecule has 1 fully saturated rings. The Morgan fingerprint density at radius 1 is 1.38 bits per heavy atom. The summed E-state index contributed by atoms with van der Waals surface area (Å²) in [6.45, 7) is 3.86. The van der Waals surface area contributed by atoms with Gasteiger partial charge in [-0.15, -0.1) is 0 Å². The number of carbonyl (C=O) groups excluding carboxylic acids is 2. The van der Waals surface area contributed by atoms with Gasteiger partial charge in [0.2, 0.25) is 11.8 Å². The number of nitrogens with one attached hydrogen (secondary N) is 1. The molecule has 1 heterocycles. The Hall–Kier alpha value is -2.04. The maximum absolute atomic E-state index is 11.9. The van der Waals surface area contributed by atoms with Crippen molar-refractivity contribution >= 4 is 11.8 Å². The van der Waals surface area contributed by atoms with E-state index in [1.165, 1.54) is 0 Å². The fourth-order valence-corrected chi connectivity index (χ4v) is 2.47. The monoisotopic (exact) mass is 290 g/mol. The molecule has 114 valence electrons. The van der Waals surface area contributed by atoms with Gasteiger partial charge in [0.1, 0.15) is 5.75 Å². The van der Waals surface area contributed by atoms with Crippen molar-refractivity contribution in [1.82, 2.24) is 10.2 Å². The van der Waals surface area contributed by atoms with Crippen molar-refractivity contribution in [1.29, 1.82) is 0 Å². The SMILES string of the molecule is CCOc1ccc(CC(=O)NCC2CC(=O)N(C)C2)cc1. The van der Waals surface area contributed by atoms with Gasteiger partial charge in [-0.1, -0.05) is 12.1 Å². The van der Waals surface area contributed by atoms with Gasteiger partial charge in [0, 0.05) is 32.5 Å². The average molecular weight is 290 g/mol. The first-order valence-electron chi connectivity index (χ1n) is 7.31. The van der Waals surface area contributed by atoms with E-state index in [0.29, 0.717) is 26.0 Å². The van der Waals surface area contributed by atoms with Crippen molar-refractivity contribution in [3.63, 3.8) is 0 Å². The van der Waals surface area contributed by atoms with Gasteiger partial charge in [0.25, 0.3) is 0 Å². The number of ether oxygens (including phenoxy) is 1. The first-order valence-corrected chi connectivity index (χ1v) is 7.31. The molecule has 0 spiro atoms. The molecular formula is C16H22N2O3. The van der Waals surface area contributed by atoms with Crippen LogP contribution in [0.15, 0.2) is 24.3 Å². The van der Waals surface area contributed by atoms with E-state index in [1.807, 2.05) is 31.2 Å². The molecule has 0 aromatic heterocycles. The number of hydrogen-bond acceptors (Lipinski definition) is 3. The lowest BCUT2D eigenvalue weighted by Gasteiger charge is -2.11. The van der Waals surface area contributed by atoms with E-state index in [1.54, 1.807) is 11.9 Å². The van der Waals surface area contributed by atoms with Gasteiger partial charge < -0.3 is 15.0 Å². The molecule has 0 saturated carbocycles. The Bertz CT molecular complexity index is 499. The van der Waals surface area contributed by atoms with E-state index in [0.717, 1.165) is 17.9 Å². The van der Waals surface area contributed by atoms with E-state index in [4.69, 9.17) is 4.74 Å². The minimum atomic E-state index is -0.0128. The number of carbonyl (C=O) groups is 2. The highest BCUT2D eigenvalue weighted by Gasteiger charge is 2.26. The summed E-state index contributed by atoms with van der Waals surface area (Å²) in [5.74, 6) is 1.18. The maximum Gasteiger partial charge on any atom is 0.224 e. The normalized spacial score (nSPS) is 17.9. The second kappa shape index (κ2) is 7.11. The predicted molar refractivity (Wildman–Crippen MR) is 80.1 cm³/mol. The van der Waals surface area contributed by atoms with E-state index in [2.05, 4.69) is 5.32 Å². The van der Waals surface area contributed by atoms with Crippen LogP contribution in [0.25, 0.3) is 0 Å². The van der Waals surface area contributed by atoms with E-state index < -0.39 is 0 Å². The molecule has 0 radical (unpaired) electrons. The van der Waals surface area contributed by atoms with Crippen LogP contribution < -0.4 is 10.1 Å². The molecule has 1 aromatic carbocycles. The summed E-state index contributed by atoms with van der Waals surface area (Å²) < 4.78 is 5.36. The minimum Gasteiger partial charge on any atom is -0.494 e. The molecule has 1 unspecified atom stereocenters. The summed E-state index contributed by atoms with van der Waals surface area (Å²) in [7, 11) is 1.80. The van der Waals surface area contributed by atoms with Gasteiger partial charge >= 0.3 is 0 Å². The predicted octanol–water partition coefficient (Wildman–Crippen LogP) is 1.22. The van der Waals surface area contributed by atoms with Crippen LogP contribution in [0.3, 0.4) is 0 Å². The fourth-order valence-electron chi connectivity index (χ4n) is 2.47. The fraction of sp³-hybridized carbons (Fsp3) is 0.500. The summed E-state index contributed by atoms with van der Waals surface area (Å²) >= 11 is 0. The third-order valence-electron chi connectivity index (χ3n) is 3.61. The van der Waals surface area contributed by atoms with Crippen molar-refractivity contribution < 1.29 is 14.3 Å². The van der Waals surface area contributed by atoms with Crippen LogP contribution in [0.5, 0.6) is 5.75 Å². The summed E-state index contributed by atoms with van der Waals surface area (Å²) in [4.78, 5) is 25.0. The Morgan fingerprint density at radius 3 is 2.67 bits per heavy atom.